The predicted octanol–water partition coefficient (Wildman–Crippen LogP) is 4.96. The molecule has 0 saturated carbocycles. The summed E-state index contributed by atoms with van der Waals surface area (Å²) in [6, 6.07) is 10.7. The van der Waals surface area contributed by atoms with E-state index in [1.165, 1.54) is 17.8 Å². The van der Waals surface area contributed by atoms with Gasteiger partial charge in [-0.25, -0.2) is 9.37 Å². The van der Waals surface area contributed by atoms with Gasteiger partial charge in [0.25, 0.3) is 0 Å². The molecule has 0 saturated heterocycles. The first-order chi connectivity index (χ1) is 9.63. The molecule has 0 radical (unpaired) electrons. The number of imidazole rings is 1. The molecule has 3 rings (SSSR count). The largest absolute Gasteiger partial charge is 0.333 e. The maximum Gasteiger partial charge on any atom is 0.166 e. The van der Waals surface area contributed by atoms with Gasteiger partial charge in [0.15, 0.2) is 5.16 Å². The van der Waals surface area contributed by atoms with Crippen molar-refractivity contribution in [2.75, 3.05) is 0 Å². The van der Waals surface area contributed by atoms with E-state index in [-0.39, 0.29) is 5.82 Å². The summed E-state index contributed by atoms with van der Waals surface area (Å²) < 4.78 is 13.7. The lowest BCUT2D eigenvalue weighted by Crippen LogP contribution is -1.87. The predicted molar refractivity (Wildman–Crippen MR) is 81.8 cm³/mol. The Morgan fingerprint density at radius 3 is 2.90 bits per heavy atom. The number of H-pyrrole nitrogens is 1. The zero-order valence-electron chi connectivity index (χ0n) is 10.8. The number of aromatic amines is 1. The van der Waals surface area contributed by atoms with E-state index in [1.807, 2.05) is 25.1 Å². The van der Waals surface area contributed by atoms with E-state index in [1.54, 1.807) is 12.1 Å². The second-order valence-corrected chi connectivity index (χ2v) is 5.94. The fraction of sp³-hybridized carbons (Fsp3) is 0.133. The number of thioether (sulfide) groups is 1. The Morgan fingerprint density at radius 2 is 2.15 bits per heavy atom. The normalized spacial score (nSPS) is 11.2. The molecule has 2 nitrogen and oxygen atoms in total. The van der Waals surface area contributed by atoms with Crippen LogP contribution in [0.15, 0.2) is 41.6 Å². The van der Waals surface area contributed by atoms with E-state index in [9.17, 15) is 4.39 Å². The molecule has 1 aromatic heterocycles. The number of benzene rings is 2. The number of nitrogens with zero attached hydrogens (tertiary/aromatic N) is 1. The van der Waals surface area contributed by atoms with E-state index in [4.69, 9.17) is 11.6 Å². The van der Waals surface area contributed by atoms with Gasteiger partial charge >= 0.3 is 0 Å². The maximum atomic E-state index is 13.7. The Bertz CT molecular complexity index is 770. The van der Waals surface area contributed by atoms with Crippen molar-refractivity contribution in [3.8, 4) is 0 Å². The quantitative estimate of drug-likeness (QED) is 0.693. The van der Waals surface area contributed by atoms with Gasteiger partial charge in [-0.2, -0.15) is 0 Å². The zero-order valence-corrected chi connectivity index (χ0v) is 12.4. The van der Waals surface area contributed by atoms with Crippen LogP contribution < -0.4 is 0 Å². The van der Waals surface area contributed by atoms with Crippen molar-refractivity contribution in [2.45, 2.75) is 17.8 Å². The summed E-state index contributed by atoms with van der Waals surface area (Å²) >= 11 is 7.22. The molecule has 0 amide bonds. The van der Waals surface area contributed by atoms with E-state index in [0.29, 0.717) is 16.3 Å². The standard InChI is InChI=1S/C15H12ClFN2S/c1-9-3-2-4-13-14(9)19-15(18-13)20-8-10-5-6-11(16)7-12(10)17/h2-7H,8H2,1H3,(H,18,19). The molecular formula is C15H12ClFN2S. The third-order valence-electron chi connectivity index (χ3n) is 3.07. The molecular weight excluding hydrogens is 295 g/mol. The van der Waals surface area contributed by atoms with Crippen LogP contribution in [0.5, 0.6) is 0 Å². The number of fused-ring (bicyclic) bond motifs is 1. The van der Waals surface area contributed by atoms with Crippen LogP contribution >= 0.6 is 23.4 Å². The molecule has 5 heteroatoms. The van der Waals surface area contributed by atoms with Crippen molar-refractivity contribution in [1.82, 2.24) is 9.97 Å². The van der Waals surface area contributed by atoms with Crippen LogP contribution in [0.2, 0.25) is 5.02 Å². The highest BCUT2D eigenvalue weighted by molar-refractivity contribution is 7.98. The lowest BCUT2D eigenvalue weighted by atomic mass is 10.2. The smallest absolute Gasteiger partial charge is 0.166 e. The van der Waals surface area contributed by atoms with Crippen LogP contribution in [0.25, 0.3) is 11.0 Å². The number of halogens is 2. The Kier molecular flexibility index (Phi) is 3.68. The van der Waals surface area contributed by atoms with Crippen LogP contribution in [-0.2, 0) is 5.75 Å². The fourth-order valence-electron chi connectivity index (χ4n) is 2.01. The monoisotopic (exact) mass is 306 g/mol. The molecule has 2 aromatic carbocycles. The number of aryl methyl sites for hydroxylation is 1. The third kappa shape index (κ3) is 2.67. The maximum absolute atomic E-state index is 13.7. The molecule has 0 unspecified atom stereocenters. The van der Waals surface area contributed by atoms with E-state index < -0.39 is 0 Å². The summed E-state index contributed by atoms with van der Waals surface area (Å²) in [6.07, 6.45) is 0. The molecule has 1 heterocycles. The molecule has 0 aliphatic rings. The molecule has 0 bridgehead atoms. The molecule has 0 spiro atoms. The van der Waals surface area contributed by atoms with Gasteiger partial charge in [0.05, 0.1) is 11.0 Å². The summed E-state index contributed by atoms with van der Waals surface area (Å²) in [4.78, 5) is 7.77. The van der Waals surface area contributed by atoms with Crippen molar-refractivity contribution in [3.63, 3.8) is 0 Å². The minimum atomic E-state index is -0.280. The minimum absolute atomic E-state index is 0.280. The van der Waals surface area contributed by atoms with Gasteiger partial charge in [-0.1, -0.05) is 41.6 Å². The fourth-order valence-corrected chi connectivity index (χ4v) is 3.03. The molecule has 0 aliphatic carbocycles. The van der Waals surface area contributed by atoms with Crippen LogP contribution in [-0.4, -0.2) is 9.97 Å². The van der Waals surface area contributed by atoms with Crippen LogP contribution in [0.3, 0.4) is 0 Å². The Morgan fingerprint density at radius 1 is 1.30 bits per heavy atom. The Balaban J connectivity index is 1.81. The lowest BCUT2D eigenvalue weighted by Gasteiger charge is -2.01. The first-order valence-corrected chi connectivity index (χ1v) is 7.52. The van der Waals surface area contributed by atoms with Crippen LogP contribution in [0.1, 0.15) is 11.1 Å². The molecule has 0 atom stereocenters. The Labute approximate surface area is 125 Å². The number of nitrogens with one attached hydrogen (secondary N) is 1. The van der Waals surface area contributed by atoms with Crippen molar-refractivity contribution in [1.29, 1.82) is 0 Å². The number of para-hydroxylation sites is 1. The third-order valence-corrected chi connectivity index (χ3v) is 4.23. The highest BCUT2D eigenvalue weighted by atomic mass is 35.5. The number of rotatable bonds is 3. The molecule has 3 aromatic rings. The van der Waals surface area contributed by atoms with E-state index >= 15 is 0 Å². The van der Waals surface area contributed by atoms with Crippen molar-refractivity contribution < 1.29 is 4.39 Å². The van der Waals surface area contributed by atoms with Gasteiger partial charge in [-0.15, -0.1) is 0 Å². The number of aromatic nitrogens is 2. The molecule has 0 aliphatic heterocycles. The van der Waals surface area contributed by atoms with Gasteiger partial charge in [0, 0.05) is 10.8 Å². The van der Waals surface area contributed by atoms with Gasteiger partial charge < -0.3 is 4.98 Å². The molecule has 0 fully saturated rings. The average molecular weight is 307 g/mol. The molecule has 1 N–H and O–H groups in total. The number of hydrogen-bond donors (Lipinski definition) is 1. The summed E-state index contributed by atoms with van der Waals surface area (Å²) in [7, 11) is 0. The van der Waals surface area contributed by atoms with E-state index in [2.05, 4.69) is 9.97 Å². The van der Waals surface area contributed by atoms with Crippen LogP contribution in [0, 0.1) is 12.7 Å². The average Bonchev–Trinajstić information content (AvgIpc) is 2.82. The zero-order chi connectivity index (χ0) is 14.1. The second-order valence-electron chi connectivity index (χ2n) is 4.54. The van der Waals surface area contributed by atoms with Gasteiger partial charge in [0.1, 0.15) is 5.82 Å². The van der Waals surface area contributed by atoms with Gasteiger partial charge in [0.2, 0.25) is 0 Å². The second kappa shape index (κ2) is 5.46. The first kappa shape index (κ1) is 13.5. The summed E-state index contributed by atoms with van der Waals surface area (Å²) in [5.41, 5.74) is 3.72. The van der Waals surface area contributed by atoms with Crippen molar-refractivity contribution >= 4 is 34.4 Å². The molecule has 102 valence electrons. The first-order valence-electron chi connectivity index (χ1n) is 6.15. The van der Waals surface area contributed by atoms with Crippen LogP contribution in [0.4, 0.5) is 4.39 Å². The molecule has 20 heavy (non-hydrogen) atoms. The van der Waals surface area contributed by atoms with Crippen molar-refractivity contribution in [3.05, 3.63) is 58.4 Å². The highest BCUT2D eigenvalue weighted by Gasteiger charge is 2.08. The lowest BCUT2D eigenvalue weighted by molar-refractivity contribution is 0.617. The van der Waals surface area contributed by atoms with Crippen molar-refractivity contribution in [2.24, 2.45) is 0 Å². The van der Waals surface area contributed by atoms with Gasteiger partial charge in [-0.3, -0.25) is 0 Å². The summed E-state index contributed by atoms with van der Waals surface area (Å²) in [5, 5.41) is 1.21. The SMILES string of the molecule is Cc1cccc2[nH]c(SCc3ccc(Cl)cc3F)nc12. The van der Waals surface area contributed by atoms with E-state index in [0.717, 1.165) is 21.8 Å². The Hall–Kier alpha value is -1.52. The summed E-state index contributed by atoms with van der Waals surface area (Å²) in [6.45, 7) is 2.02. The van der Waals surface area contributed by atoms with Gasteiger partial charge in [-0.05, 0) is 36.2 Å². The number of hydrogen-bond acceptors (Lipinski definition) is 2. The highest BCUT2D eigenvalue weighted by Crippen LogP contribution is 2.26. The minimum Gasteiger partial charge on any atom is -0.333 e. The summed E-state index contributed by atoms with van der Waals surface area (Å²) in [5.74, 6) is 0.235. The topological polar surface area (TPSA) is 28.7 Å².